The largest absolute Gasteiger partial charge is 0.381 e. The fraction of sp³-hybridized carbons (Fsp3) is 0.421. The summed E-state index contributed by atoms with van der Waals surface area (Å²) < 4.78 is 7.11. The number of hydrogen-bond donors (Lipinski definition) is 1. The van der Waals surface area contributed by atoms with Gasteiger partial charge in [-0.2, -0.15) is 10.4 Å². The lowest BCUT2D eigenvalue weighted by molar-refractivity contribution is 0.0831. The topological polar surface area (TPSA) is 79.9 Å². The predicted molar refractivity (Wildman–Crippen MR) is 93.0 cm³/mol. The van der Waals surface area contributed by atoms with Gasteiger partial charge < -0.3 is 10.1 Å². The first-order valence-corrected chi connectivity index (χ1v) is 8.50. The molecule has 1 atom stereocenters. The molecule has 0 bridgehead atoms. The maximum absolute atomic E-state index is 12.8. The summed E-state index contributed by atoms with van der Waals surface area (Å²) in [5.74, 6) is 0.146. The number of carbonyl (C=O) groups is 1. The van der Waals surface area contributed by atoms with E-state index in [1.54, 1.807) is 23.0 Å². The Balaban J connectivity index is 1.75. The van der Waals surface area contributed by atoms with Crippen molar-refractivity contribution in [2.75, 3.05) is 13.2 Å². The minimum absolute atomic E-state index is 0.119. The first-order valence-electron chi connectivity index (χ1n) is 8.50. The van der Waals surface area contributed by atoms with Gasteiger partial charge in [0.1, 0.15) is 0 Å². The van der Waals surface area contributed by atoms with E-state index in [1.165, 1.54) is 0 Å². The van der Waals surface area contributed by atoms with Gasteiger partial charge in [-0.1, -0.05) is 12.1 Å². The zero-order valence-corrected chi connectivity index (χ0v) is 14.5. The summed E-state index contributed by atoms with van der Waals surface area (Å²) in [6, 6.07) is 9.20. The standard InChI is InChI=1S/C19H22N4O2/c1-13(15-5-3-14(11-20)4-6-15)21-19(24)17-12-23(2)22-18(17)16-7-9-25-10-8-16/h3-6,12-13,16H,7-10H2,1-2H3,(H,21,24). The van der Waals surface area contributed by atoms with Gasteiger partial charge in [-0.3, -0.25) is 9.48 Å². The number of nitriles is 1. The van der Waals surface area contributed by atoms with Gasteiger partial charge in [-0.05, 0) is 37.5 Å². The second kappa shape index (κ2) is 7.49. The van der Waals surface area contributed by atoms with Gasteiger partial charge in [0.05, 0.1) is 28.9 Å². The number of nitrogens with one attached hydrogen (secondary N) is 1. The second-order valence-electron chi connectivity index (χ2n) is 6.42. The van der Waals surface area contributed by atoms with E-state index >= 15 is 0 Å². The van der Waals surface area contributed by atoms with Crippen LogP contribution in [0.4, 0.5) is 0 Å². The lowest BCUT2D eigenvalue weighted by atomic mass is 9.93. The number of amides is 1. The van der Waals surface area contributed by atoms with Gasteiger partial charge in [-0.15, -0.1) is 0 Å². The van der Waals surface area contributed by atoms with Gasteiger partial charge in [0.25, 0.3) is 5.91 Å². The van der Waals surface area contributed by atoms with Crippen molar-refractivity contribution in [2.45, 2.75) is 31.7 Å². The Labute approximate surface area is 147 Å². The van der Waals surface area contributed by atoms with Crippen LogP contribution in [0.5, 0.6) is 0 Å². The number of aryl methyl sites for hydroxylation is 1. The molecule has 1 unspecified atom stereocenters. The molecule has 1 aromatic carbocycles. The Hall–Kier alpha value is -2.65. The number of benzene rings is 1. The molecule has 1 fully saturated rings. The van der Waals surface area contributed by atoms with Gasteiger partial charge in [-0.25, -0.2) is 0 Å². The van der Waals surface area contributed by atoms with Crippen LogP contribution in [0.15, 0.2) is 30.5 Å². The molecule has 0 aliphatic carbocycles. The van der Waals surface area contributed by atoms with E-state index in [1.807, 2.05) is 26.1 Å². The van der Waals surface area contributed by atoms with E-state index in [-0.39, 0.29) is 17.9 Å². The molecule has 1 aromatic heterocycles. The summed E-state index contributed by atoms with van der Waals surface area (Å²) >= 11 is 0. The summed E-state index contributed by atoms with van der Waals surface area (Å²) in [5.41, 5.74) is 3.06. The number of rotatable bonds is 4. The molecule has 0 saturated carbocycles. The summed E-state index contributed by atoms with van der Waals surface area (Å²) in [5, 5.41) is 16.4. The Kier molecular flexibility index (Phi) is 5.15. The molecule has 1 aliphatic heterocycles. The van der Waals surface area contributed by atoms with Crippen LogP contribution in [0.2, 0.25) is 0 Å². The molecule has 6 nitrogen and oxygen atoms in total. The summed E-state index contributed by atoms with van der Waals surface area (Å²) in [6.07, 6.45) is 3.57. The first kappa shape index (κ1) is 17.2. The monoisotopic (exact) mass is 338 g/mol. The molecule has 1 saturated heterocycles. The molecule has 6 heteroatoms. The average Bonchev–Trinajstić information content (AvgIpc) is 3.04. The maximum Gasteiger partial charge on any atom is 0.255 e. The van der Waals surface area contributed by atoms with E-state index < -0.39 is 0 Å². The minimum atomic E-state index is -0.150. The average molecular weight is 338 g/mol. The van der Waals surface area contributed by atoms with Gasteiger partial charge in [0, 0.05) is 32.4 Å². The fourth-order valence-electron chi connectivity index (χ4n) is 3.16. The lowest BCUT2D eigenvalue weighted by Crippen LogP contribution is -2.28. The van der Waals surface area contributed by atoms with Crippen LogP contribution >= 0.6 is 0 Å². The number of aromatic nitrogens is 2. The van der Waals surface area contributed by atoms with Crippen molar-refractivity contribution in [1.82, 2.24) is 15.1 Å². The van der Waals surface area contributed by atoms with E-state index in [0.29, 0.717) is 24.3 Å². The molecule has 1 aliphatic rings. The number of carbonyl (C=O) groups excluding carboxylic acids is 1. The van der Waals surface area contributed by atoms with Crippen molar-refractivity contribution in [2.24, 2.45) is 7.05 Å². The molecule has 2 aromatic rings. The SMILES string of the molecule is CC(NC(=O)c1cn(C)nc1C1CCOCC1)c1ccc(C#N)cc1. The van der Waals surface area contributed by atoms with Gasteiger partial charge >= 0.3 is 0 Å². The first-order chi connectivity index (χ1) is 12.1. The summed E-state index contributed by atoms with van der Waals surface area (Å²) in [7, 11) is 1.84. The van der Waals surface area contributed by atoms with Crippen molar-refractivity contribution in [3.63, 3.8) is 0 Å². The van der Waals surface area contributed by atoms with Crippen molar-refractivity contribution < 1.29 is 9.53 Å². The van der Waals surface area contributed by atoms with E-state index in [0.717, 1.165) is 24.1 Å². The third-order valence-electron chi connectivity index (χ3n) is 4.60. The van der Waals surface area contributed by atoms with E-state index in [4.69, 9.17) is 10.00 Å². The number of hydrogen-bond acceptors (Lipinski definition) is 4. The molecule has 25 heavy (non-hydrogen) atoms. The van der Waals surface area contributed by atoms with Crippen molar-refractivity contribution in [3.8, 4) is 6.07 Å². The van der Waals surface area contributed by atoms with Crippen molar-refractivity contribution in [1.29, 1.82) is 5.26 Å². The fourth-order valence-corrected chi connectivity index (χ4v) is 3.16. The maximum atomic E-state index is 12.8. The smallest absolute Gasteiger partial charge is 0.255 e. The van der Waals surface area contributed by atoms with E-state index in [9.17, 15) is 4.79 Å². The Morgan fingerprint density at radius 2 is 2.04 bits per heavy atom. The van der Waals surface area contributed by atoms with Crippen LogP contribution in [-0.2, 0) is 11.8 Å². The van der Waals surface area contributed by atoms with Crippen molar-refractivity contribution >= 4 is 5.91 Å². The Bertz CT molecular complexity index is 783. The van der Waals surface area contributed by atoms with Gasteiger partial charge in [0.15, 0.2) is 0 Å². The van der Waals surface area contributed by atoms with Crippen LogP contribution in [0.25, 0.3) is 0 Å². The zero-order valence-electron chi connectivity index (χ0n) is 14.5. The molecule has 1 N–H and O–H groups in total. The third kappa shape index (κ3) is 3.89. The molecular formula is C19H22N4O2. The van der Waals surface area contributed by atoms with E-state index in [2.05, 4.69) is 16.5 Å². The summed E-state index contributed by atoms with van der Waals surface area (Å²) in [4.78, 5) is 12.8. The van der Waals surface area contributed by atoms with Crippen LogP contribution < -0.4 is 5.32 Å². The highest BCUT2D eigenvalue weighted by Gasteiger charge is 2.26. The normalized spacial score (nSPS) is 16.2. The quantitative estimate of drug-likeness (QED) is 0.929. The molecular weight excluding hydrogens is 316 g/mol. The zero-order chi connectivity index (χ0) is 17.8. The molecule has 1 amide bonds. The predicted octanol–water partition coefficient (Wildman–Crippen LogP) is 2.68. The molecule has 130 valence electrons. The molecule has 0 spiro atoms. The number of ether oxygens (including phenoxy) is 1. The third-order valence-corrected chi connectivity index (χ3v) is 4.60. The molecule has 3 rings (SSSR count). The highest BCUT2D eigenvalue weighted by atomic mass is 16.5. The van der Waals surface area contributed by atoms with Crippen LogP contribution in [0.3, 0.4) is 0 Å². The summed E-state index contributed by atoms with van der Waals surface area (Å²) in [6.45, 7) is 3.36. The molecule has 0 radical (unpaired) electrons. The second-order valence-corrected chi connectivity index (χ2v) is 6.42. The Morgan fingerprint density at radius 1 is 1.36 bits per heavy atom. The highest BCUT2D eigenvalue weighted by Crippen LogP contribution is 2.28. The van der Waals surface area contributed by atoms with Crippen LogP contribution in [0.1, 0.15) is 58.9 Å². The lowest BCUT2D eigenvalue weighted by Gasteiger charge is -2.21. The van der Waals surface area contributed by atoms with Crippen LogP contribution in [-0.4, -0.2) is 28.9 Å². The molecule has 2 heterocycles. The van der Waals surface area contributed by atoms with Gasteiger partial charge in [0.2, 0.25) is 0 Å². The Morgan fingerprint density at radius 3 is 2.68 bits per heavy atom. The van der Waals surface area contributed by atoms with Crippen molar-refractivity contribution in [3.05, 3.63) is 52.8 Å². The van der Waals surface area contributed by atoms with Crippen LogP contribution in [0, 0.1) is 11.3 Å². The minimum Gasteiger partial charge on any atom is -0.381 e. The number of nitrogens with zero attached hydrogens (tertiary/aromatic N) is 3. The highest BCUT2D eigenvalue weighted by molar-refractivity contribution is 5.95.